The summed E-state index contributed by atoms with van der Waals surface area (Å²) >= 11 is 0. The molecule has 28 heavy (non-hydrogen) atoms. The molecule has 0 saturated heterocycles. The summed E-state index contributed by atoms with van der Waals surface area (Å²) in [5.74, 6) is 0.523. The van der Waals surface area contributed by atoms with Crippen LogP contribution in [0.4, 0.5) is 11.4 Å². The van der Waals surface area contributed by atoms with Crippen LogP contribution < -0.4 is 15.4 Å². The Morgan fingerprint density at radius 3 is 2.18 bits per heavy atom. The van der Waals surface area contributed by atoms with E-state index >= 15 is 0 Å². The van der Waals surface area contributed by atoms with Gasteiger partial charge in [0.15, 0.2) is 0 Å². The summed E-state index contributed by atoms with van der Waals surface area (Å²) in [7, 11) is 0. The Morgan fingerprint density at radius 2 is 1.50 bits per heavy atom. The van der Waals surface area contributed by atoms with Crippen molar-refractivity contribution in [3.8, 4) is 17.2 Å². The van der Waals surface area contributed by atoms with Gasteiger partial charge in [0.1, 0.15) is 17.2 Å². The summed E-state index contributed by atoms with van der Waals surface area (Å²) in [5.41, 5.74) is 1.06. The summed E-state index contributed by atoms with van der Waals surface area (Å²) in [6, 6.07) is 20.6. The maximum atomic E-state index is 12.5. The Morgan fingerprint density at radius 1 is 0.857 bits per heavy atom. The molecule has 0 bridgehead atoms. The van der Waals surface area contributed by atoms with Crippen molar-refractivity contribution in [2.24, 2.45) is 0 Å². The first-order chi connectivity index (χ1) is 13.5. The van der Waals surface area contributed by atoms with Crippen molar-refractivity contribution in [2.75, 3.05) is 10.6 Å². The van der Waals surface area contributed by atoms with Crippen molar-refractivity contribution in [3.63, 3.8) is 0 Å². The predicted octanol–water partition coefficient (Wildman–Crippen LogP) is 4.79. The first-order valence-corrected chi connectivity index (χ1v) is 8.82. The second-order valence-electron chi connectivity index (χ2n) is 6.03. The Hall–Kier alpha value is -3.80. The van der Waals surface area contributed by atoms with Crippen LogP contribution >= 0.6 is 0 Å². The van der Waals surface area contributed by atoms with Crippen LogP contribution in [0.3, 0.4) is 0 Å². The zero-order chi connectivity index (χ0) is 19.9. The number of hydrogen-bond donors (Lipinski definition) is 3. The van der Waals surface area contributed by atoms with Gasteiger partial charge in [-0.15, -0.1) is 0 Å². The number of phenolic OH excluding ortho intramolecular Hbond substituents is 1. The SMILES string of the molecule is CCC(=O)Nc1ccc(O)c(C(=O)Nc2ccc(Oc3ccccc3)cc2)c1. The molecule has 3 aromatic rings. The molecule has 3 N–H and O–H groups in total. The lowest BCUT2D eigenvalue weighted by Crippen LogP contribution is -2.14. The third-order valence-corrected chi connectivity index (χ3v) is 3.94. The average molecular weight is 376 g/mol. The van der Waals surface area contributed by atoms with Crippen LogP contribution in [0, 0.1) is 0 Å². The van der Waals surface area contributed by atoms with E-state index in [1.54, 1.807) is 31.2 Å². The summed E-state index contributed by atoms with van der Waals surface area (Å²) in [6.45, 7) is 1.73. The molecular formula is C22H20N2O4. The van der Waals surface area contributed by atoms with Crippen LogP contribution in [-0.4, -0.2) is 16.9 Å². The van der Waals surface area contributed by atoms with Gasteiger partial charge in [0.2, 0.25) is 5.91 Å². The van der Waals surface area contributed by atoms with E-state index in [-0.39, 0.29) is 17.2 Å². The molecule has 6 heteroatoms. The van der Waals surface area contributed by atoms with E-state index in [1.807, 2.05) is 30.3 Å². The Labute approximate surface area is 162 Å². The van der Waals surface area contributed by atoms with Gasteiger partial charge in [-0.05, 0) is 54.6 Å². The van der Waals surface area contributed by atoms with Crippen LogP contribution in [0.15, 0.2) is 72.8 Å². The highest BCUT2D eigenvalue weighted by atomic mass is 16.5. The van der Waals surface area contributed by atoms with Crippen LogP contribution in [0.25, 0.3) is 0 Å². The summed E-state index contributed by atoms with van der Waals surface area (Å²) in [5, 5.41) is 15.4. The zero-order valence-corrected chi connectivity index (χ0v) is 15.3. The number of hydrogen-bond acceptors (Lipinski definition) is 4. The van der Waals surface area contributed by atoms with Gasteiger partial charge in [-0.2, -0.15) is 0 Å². The number of para-hydroxylation sites is 1. The van der Waals surface area contributed by atoms with Crippen molar-refractivity contribution in [2.45, 2.75) is 13.3 Å². The first kappa shape index (κ1) is 19.0. The molecular weight excluding hydrogens is 356 g/mol. The molecule has 3 rings (SSSR count). The molecule has 0 unspecified atom stereocenters. The Bertz CT molecular complexity index is 970. The lowest BCUT2D eigenvalue weighted by Gasteiger charge is -2.10. The second kappa shape index (κ2) is 8.73. The predicted molar refractivity (Wildman–Crippen MR) is 108 cm³/mol. The van der Waals surface area contributed by atoms with Gasteiger partial charge in [-0.25, -0.2) is 0 Å². The van der Waals surface area contributed by atoms with Gasteiger partial charge in [0.25, 0.3) is 5.91 Å². The molecule has 0 fully saturated rings. The largest absolute Gasteiger partial charge is 0.507 e. The minimum atomic E-state index is -0.484. The van der Waals surface area contributed by atoms with Crippen LogP contribution in [0.1, 0.15) is 23.7 Å². The van der Waals surface area contributed by atoms with Crippen LogP contribution in [0.2, 0.25) is 0 Å². The quantitative estimate of drug-likeness (QED) is 0.540. The van der Waals surface area contributed by atoms with Gasteiger partial charge in [0, 0.05) is 17.8 Å². The molecule has 0 heterocycles. The molecule has 142 valence electrons. The third kappa shape index (κ3) is 4.88. The van der Waals surface area contributed by atoms with Crippen molar-refractivity contribution in [3.05, 3.63) is 78.4 Å². The summed E-state index contributed by atoms with van der Waals surface area (Å²) in [6.07, 6.45) is 0.319. The molecule has 0 aliphatic heterocycles. The van der Waals surface area contributed by atoms with Gasteiger partial charge in [0.05, 0.1) is 5.56 Å². The average Bonchev–Trinajstić information content (AvgIpc) is 2.71. The third-order valence-electron chi connectivity index (χ3n) is 3.94. The number of carbonyl (C=O) groups excluding carboxylic acids is 2. The molecule has 0 atom stereocenters. The van der Waals surface area contributed by atoms with Gasteiger partial charge in [-0.1, -0.05) is 25.1 Å². The minimum Gasteiger partial charge on any atom is -0.507 e. The fourth-order valence-electron chi connectivity index (χ4n) is 2.47. The Balaban J connectivity index is 1.69. The van der Waals surface area contributed by atoms with E-state index in [1.165, 1.54) is 18.2 Å². The monoisotopic (exact) mass is 376 g/mol. The topological polar surface area (TPSA) is 87.7 Å². The van der Waals surface area contributed by atoms with E-state index in [9.17, 15) is 14.7 Å². The minimum absolute atomic E-state index is 0.0681. The van der Waals surface area contributed by atoms with Crippen molar-refractivity contribution in [1.29, 1.82) is 0 Å². The molecule has 0 aromatic heterocycles. The number of anilines is 2. The molecule has 0 aliphatic rings. The maximum Gasteiger partial charge on any atom is 0.259 e. The molecule has 0 aliphatic carbocycles. The van der Waals surface area contributed by atoms with E-state index in [0.29, 0.717) is 23.5 Å². The van der Waals surface area contributed by atoms with Gasteiger partial charge in [-0.3, -0.25) is 9.59 Å². The number of carbonyl (C=O) groups is 2. The first-order valence-electron chi connectivity index (χ1n) is 8.82. The van der Waals surface area contributed by atoms with Crippen molar-refractivity contribution >= 4 is 23.2 Å². The lowest BCUT2D eigenvalue weighted by atomic mass is 10.1. The highest BCUT2D eigenvalue weighted by Gasteiger charge is 2.13. The molecule has 0 radical (unpaired) electrons. The number of rotatable bonds is 6. The molecule has 0 saturated carbocycles. The zero-order valence-electron chi connectivity index (χ0n) is 15.3. The standard InChI is InChI=1S/C22H20N2O4/c1-2-21(26)23-16-10-13-20(25)19(14-16)22(27)24-15-8-11-18(12-9-15)28-17-6-4-3-5-7-17/h3-14,25H,2H2,1H3,(H,23,26)(H,24,27). The van der Waals surface area contributed by atoms with Crippen molar-refractivity contribution in [1.82, 2.24) is 0 Å². The smallest absolute Gasteiger partial charge is 0.259 e. The highest BCUT2D eigenvalue weighted by molar-refractivity contribution is 6.07. The van der Waals surface area contributed by atoms with Crippen molar-refractivity contribution < 1.29 is 19.4 Å². The molecule has 2 amide bonds. The van der Waals surface area contributed by atoms with Gasteiger partial charge >= 0.3 is 0 Å². The van der Waals surface area contributed by atoms with E-state index in [0.717, 1.165) is 5.75 Å². The maximum absolute atomic E-state index is 12.5. The van der Waals surface area contributed by atoms with E-state index in [4.69, 9.17) is 4.74 Å². The summed E-state index contributed by atoms with van der Waals surface area (Å²) in [4.78, 5) is 24.0. The number of nitrogens with one attached hydrogen (secondary N) is 2. The summed E-state index contributed by atoms with van der Waals surface area (Å²) < 4.78 is 5.71. The highest BCUT2D eigenvalue weighted by Crippen LogP contribution is 2.25. The van der Waals surface area contributed by atoms with E-state index < -0.39 is 5.91 Å². The fourth-order valence-corrected chi connectivity index (χ4v) is 2.47. The van der Waals surface area contributed by atoms with Crippen LogP contribution in [-0.2, 0) is 4.79 Å². The van der Waals surface area contributed by atoms with Gasteiger partial charge < -0.3 is 20.5 Å². The normalized spacial score (nSPS) is 10.2. The number of phenols is 1. The lowest BCUT2D eigenvalue weighted by molar-refractivity contribution is -0.115. The number of benzene rings is 3. The Kier molecular flexibility index (Phi) is 5.91. The number of aromatic hydroxyl groups is 1. The molecule has 6 nitrogen and oxygen atoms in total. The fraction of sp³-hybridized carbons (Fsp3) is 0.0909. The number of ether oxygens (including phenoxy) is 1. The molecule has 0 spiro atoms. The number of amides is 2. The second-order valence-corrected chi connectivity index (χ2v) is 6.03. The molecule has 3 aromatic carbocycles. The van der Waals surface area contributed by atoms with Crippen LogP contribution in [0.5, 0.6) is 17.2 Å². The van der Waals surface area contributed by atoms with E-state index in [2.05, 4.69) is 10.6 Å².